The molecule has 0 spiro atoms. The van der Waals surface area contributed by atoms with Gasteiger partial charge in [0.1, 0.15) is 17.4 Å². The third-order valence-electron chi connectivity index (χ3n) is 5.11. The number of aromatic nitrogens is 2. The highest BCUT2D eigenvalue weighted by Gasteiger charge is 2.34. The second kappa shape index (κ2) is 8.24. The third kappa shape index (κ3) is 3.94. The summed E-state index contributed by atoms with van der Waals surface area (Å²) in [4.78, 5) is 12.3. The minimum atomic E-state index is -0.447. The van der Waals surface area contributed by atoms with Crippen LogP contribution < -0.4 is 20.5 Å². The molecule has 156 valence electrons. The summed E-state index contributed by atoms with van der Waals surface area (Å²) in [5.41, 5.74) is 10.3. The van der Waals surface area contributed by atoms with E-state index in [1.54, 1.807) is 18.2 Å². The average molecular weight is 415 g/mol. The lowest BCUT2D eigenvalue weighted by Crippen LogP contribution is -2.21. The maximum atomic E-state index is 12.3. The van der Waals surface area contributed by atoms with E-state index >= 15 is 0 Å². The number of para-hydroxylation sites is 1. The van der Waals surface area contributed by atoms with Gasteiger partial charge in [-0.15, -0.1) is 5.10 Å². The smallest absolute Gasteiger partial charge is 0.262 e. The van der Waals surface area contributed by atoms with Crippen molar-refractivity contribution in [3.8, 4) is 17.7 Å². The summed E-state index contributed by atoms with van der Waals surface area (Å²) in [5, 5.41) is 19.5. The number of hydrogen-bond donors (Lipinski definition) is 3. The van der Waals surface area contributed by atoms with Crippen molar-refractivity contribution in [3.05, 3.63) is 82.4 Å². The zero-order chi connectivity index (χ0) is 22.0. The quantitative estimate of drug-likeness (QED) is 0.587. The van der Waals surface area contributed by atoms with E-state index < -0.39 is 5.92 Å². The molecule has 0 aliphatic carbocycles. The van der Waals surface area contributed by atoms with Crippen LogP contribution in [0, 0.1) is 25.2 Å². The Hall–Kier alpha value is -4.25. The van der Waals surface area contributed by atoms with E-state index in [9.17, 15) is 10.1 Å². The van der Waals surface area contributed by atoms with Crippen molar-refractivity contribution in [1.82, 2.24) is 10.2 Å². The molecule has 1 amide bonds. The summed E-state index contributed by atoms with van der Waals surface area (Å²) in [5.74, 6) is 0.165. The minimum absolute atomic E-state index is 0.0235. The second-order valence-electron chi connectivity index (χ2n) is 7.22. The van der Waals surface area contributed by atoms with E-state index in [0.717, 1.165) is 28.1 Å². The van der Waals surface area contributed by atoms with Crippen molar-refractivity contribution >= 4 is 11.6 Å². The molecule has 0 radical (unpaired) electrons. The summed E-state index contributed by atoms with van der Waals surface area (Å²) in [6.07, 6.45) is 0. The first kappa shape index (κ1) is 20.0. The molecule has 4 rings (SSSR count). The number of fused-ring (bicyclic) bond motifs is 1. The van der Waals surface area contributed by atoms with Crippen LogP contribution in [0.1, 0.15) is 28.3 Å². The van der Waals surface area contributed by atoms with Gasteiger partial charge in [0.05, 0.1) is 5.92 Å². The molecular weight excluding hydrogens is 394 g/mol. The number of benzene rings is 2. The van der Waals surface area contributed by atoms with Gasteiger partial charge in [-0.1, -0.05) is 30.3 Å². The number of rotatable bonds is 5. The number of hydrogen-bond acceptors (Lipinski definition) is 6. The van der Waals surface area contributed by atoms with Crippen molar-refractivity contribution in [2.24, 2.45) is 5.73 Å². The van der Waals surface area contributed by atoms with Gasteiger partial charge in [-0.05, 0) is 43.2 Å². The Kier molecular flexibility index (Phi) is 5.33. The summed E-state index contributed by atoms with van der Waals surface area (Å²) in [6, 6.07) is 16.9. The molecule has 0 saturated carbocycles. The van der Waals surface area contributed by atoms with Gasteiger partial charge in [0.15, 0.2) is 6.61 Å². The molecule has 1 atom stereocenters. The molecule has 0 saturated heterocycles. The highest BCUT2D eigenvalue weighted by atomic mass is 16.5. The number of amides is 1. The van der Waals surface area contributed by atoms with E-state index in [4.69, 9.17) is 15.2 Å². The zero-order valence-electron chi connectivity index (χ0n) is 17.1. The van der Waals surface area contributed by atoms with E-state index in [2.05, 4.69) is 21.6 Å². The highest BCUT2D eigenvalue weighted by Crippen LogP contribution is 2.43. The fraction of sp³-hybridized carbons (Fsp3) is 0.174. The molecular formula is C23H21N5O3. The maximum absolute atomic E-state index is 12.3. The number of allylic oxidation sites excluding steroid dienone is 1. The Bertz CT molecular complexity index is 1220. The van der Waals surface area contributed by atoms with Gasteiger partial charge in [0.25, 0.3) is 5.91 Å². The van der Waals surface area contributed by atoms with Gasteiger partial charge < -0.3 is 20.5 Å². The Labute approximate surface area is 179 Å². The summed E-state index contributed by atoms with van der Waals surface area (Å²) in [6.45, 7) is 3.63. The standard InChI is InChI=1S/C23H21N5O3/c1-13-6-3-4-9-18(13)26-19(29)12-30-16-8-5-7-15(10-16)21-17(11-24)22(25)31-23-20(21)14(2)27-28-23/h3-10,21H,12,25H2,1-2H3,(H,26,29)(H,27,28). The van der Waals surface area contributed by atoms with E-state index in [1.807, 2.05) is 44.2 Å². The van der Waals surface area contributed by atoms with Crippen LogP contribution >= 0.6 is 0 Å². The lowest BCUT2D eigenvalue weighted by molar-refractivity contribution is -0.118. The molecule has 1 aliphatic heterocycles. The fourth-order valence-corrected chi connectivity index (χ4v) is 3.56. The lowest BCUT2D eigenvalue weighted by Gasteiger charge is -2.24. The molecule has 1 aromatic heterocycles. The van der Waals surface area contributed by atoms with Gasteiger partial charge in [-0.2, -0.15) is 5.26 Å². The molecule has 2 heterocycles. The van der Waals surface area contributed by atoms with Gasteiger partial charge in [-0.3, -0.25) is 9.89 Å². The van der Waals surface area contributed by atoms with Crippen molar-refractivity contribution in [1.29, 1.82) is 5.26 Å². The predicted molar refractivity (Wildman–Crippen MR) is 114 cm³/mol. The van der Waals surface area contributed by atoms with Crippen LogP contribution in [0.4, 0.5) is 5.69 Å². The monoisotopic (exact) mass is 415 g/mol. The van der Waals surface area contributed by atoms with Crippen LogP contribution in [-0.4, -0.2) is 22.7 Å². The maximum Gasteiger partial charge on any atom is 0.262 e. The van der Waals surface area contributed by atoms with Crippen LogP contribution in [0.25, 0.3) is 0 Å². The van der Waals surface area contributed by atoms with E-state index in [0.29, 0.717) is 17.2 Å². The number of nitrogens with one attached hydrogen (secondary N) is 2. The molecule has 0 fully saturated rings. The largest absolute Gasteiger partial charge is 0.484 e. The van der Waals surface area contributed by atoms with Crippen LogP contribution in [0.3, 0.4) is 0 Å². The minimum Gasteiger partial charge on any atom is -0.484 e. The number of carbonyl (C=O) groups excluding carboxylic acids is 1. The number of nitriles is 1. The first-order valence-corrected chi connectivity index (χ1v) is 9.68. The van der Waals surface area contributed by atoms with Crippen LogP contribution in [0.5, 0.6) is 11.6 Å². The number of aryl methyl sites for hydroxylation is 2. The van der Waals surface area contributed by atoms with Crippen molar-refractivity contribution < 1.29 is 14.3 Å². The molecule has 0 bridgehead atoms. The molecule has 8 heteroatoms. The van der Waals surface area contributed by atoms with Crippen molar-refractivity contribution in [2.45, 2.75) is 19.8 Å². The molecule has 3 aromatic rings. The zero-order valence-corrected chi connectivity index (χ0v) is 17.1. The predicted octanol–water partition coefficient (Wildman–Crippen LogP) is 3.26. The topological polar surface area (TPSA) is 126 Å². The first-order valence-electron chi connectivity index (χ1n) is 9.68. The number of ether oxygens (including phenoxy) is 2. The van der Waals surface area contributed by atoms with E-state index in [-0.39, 0.29) is 18.4 Å². The van der Waals surface area contributed by atoms with Crippen LogP contribution in [0.2, 0.25) is 0 Å². The summed E-state index contributed by atoms with van der Waals surface area (Å²) in [7, 11) is 0. The molecule has 1 unspecified atom stereocenters. The van der Waals surface area contributed by atoms with Gasteiger partial charge in [-0.25, -0.2) is 0 Å². The SMILES string of the molecule is Cc1ccccc1NC(=O)COc1cccc(C2C(C#N)=C(N)Oc3n[nH]c(C)c32)c1. The van der Waals surface area contributed by atoms with Crippen LogP contribution in [-0.2, 0) is 4.79 Å². The van der Waals surface area contributed by atoms with Crippen LogP contribution in [0.15, 0.2) is 60.0 Å². The van der Waals surface area contributed by atoms with E-state index in [1.165, 1.54) is 0 Å². The third-order valence-corrected chi connectivity index (χ3v) is 5.11. The van der Waals surface area contributed by atoms with Gasteiger partial charge >= 0.3 is 0 Å². The summed E-state index contributed by atoms with van der Waals surface area (Å²) >= 11 is 0. The number of aromatic amines is 1. The average Bonchev–Trinajstić information content (AvgIpc) is 3.13. The number of anilines is 1. The Morgan fingerprint density at radius 3 is 2.87 bits per heavy atom. The molecule has 8 nitrogen and oxygen atoms in total. The number of nitrogens with two attached hydrogens (primary N) is 1. The Balaban J connectivity index is 1.55. The molecule has 2 aromatic carbocycles. The molecule has 31 heavy (non-hydrogen) atoms. The Morgan fingerprint density at radius 1 is 1.29 bits per heavy atom. The fourth-order valence-electron chi connectivity index (χ4n) is 3.56. The first-order chi connectivity index (χ1) is 15.0. The van der Waals surface area contributed by atoms with Crippen molar-refractivity contribution in [2.75, 3.05) is 11.9 Å². The Morgan fingerprint density at radius 2 is 2.10 bits per heavy atom. The second-order valence-corrected chi connectivity index (χ2v) is 7.22. The molecule has 1 aliphatic rings. The highest BCUT2D eigenvalue weighted by molar-refractivity contribution is 5.92. The van der Waals surface area contributed by atoms with Gasteiger partial charge in [0.2, 0.25) is 11.8 Å². The number of nitrogens with zero attached hydrogens (tertiary/aromatic N) is 2. The normalized spacial score (nSPS) is 14.9. The van der Waals surface area contributed by atoms with Crippen molar-refractivity contribution in [3.63, 3.8) is 0 Å². The molecule has 4 N–H and O–H groups in total. The lowest BCUT2D eigenvalue weighted by atomic mass is 9.84. The number of carbonyl (C=O) groups is 1. The summed E-state index contributed by atoms with van der Waals surface area (Å²) < 4.78 is 11.2. The number of H-pyrrole nitrogens is 1. The van der Waals surface area contributed by atoms with Gasteiger partial charge in [0, 0.05) is 16.9 Å².